The van der Waals surface area contributed by atoms with E-state index in [9.17, 15) is 10.1 Å². The van der Waals surface area contributed by atoms with Gasteiger partial charge in [0, 0.05) is 17.7 Å². The van der Waals surface area contributed by atoms with Crippen LogP contribution in [0.15, 0.2) is 71.8 Å². The summed E-state index contributed by atoms with van der Waals surface area (Å²) in [4.78, 5) is 10.4. The van der Waals surface area contributed by atoms with Crippen LogP contribution in [0, 0.1) is 10.1 Å². The second-order valence-corrected chi connectivity index (χ2v) is 6.51. The quantitative estimate of drug-likeness (QED) is 0.567. The lowest BCUT2D eigenvalue weighted by molar-refractivity contribution is -0.384. The Morgan fingerprint density at radius 2 is 1.75 bits per heavy atom. The smallest absolute Gasteiger partial charge is 0.269 e. The zero-order chi connectivity index (χ0) is 16.5. The highest BCUT2D eigenvalue weighted by Crippen LogP contribution is 2.36. The predicted molar refractivity (Wildman–Crippen MR) is 97.0 cm³/mol. The molecule has 3 aromatic carbocycles. The van der Waals surface area contributed by atoms with E-state index in [2.05, 4.69) is 34.8 Å². The number of non-ortho nitro benzene ring substituents is 1. The van der Waals surface area contributed by atoms with Crippen molar-refractivity contribution in [2.24, 2.45) is 5.10 Å². The molecule has 0 radical (unpaired) electrons. The molecule has 0 amide bonds. The normalized spacial score (nSPS) is 16.7. The van der Waals surface area contributed by atoms with Crippen LogP contribution in [0.3, 0.4) is 0 Å². The first-order valence-corrected chi connectivity index (χ1v) is 8.33. The fraction of sp³-hybridized carbons (Fsp3) is 0.0556. The second-order valence-electron chi connectivity index (χ2n) is 5.42. The molecule has 0 saturated heterocycles. The highest BCUT2D eigenvalue weighted by molar-refractivity contribution is 8.14. The average Bonchev–Trinajstić information content (AvgIpc) is 3.11. The minimum absolute atomic E-state index is 0.0419. The van der Waals surface area contributed by atoms with Gasteiger partial charge in [-0.2, -0.15) is 5.10 Å². The van der Waals surface area contributed by atoms with Crippen LogP contribution < -0.4 is 5.43 Å². The molecule has 0 bridgehead atoms. The highest BCUT2D eigenvalue weighted by Gasteiger charge is 2.23. The minimum atomic E-state index is -0.392. The summed E-state index contributed by atoms with van der Waals surface area (Å²) in [6.45, 7) is 0. The zero-order valence-corrected chi connectivity index (χ0v) is 13.4. The number of fused-ring (bicyclic) bond motifs is 1. The van der Waals surface area contributed by atoms with Crippen molar-refractivity contribution < 1.29 is 4.92 Å². The molecule has 24 heavy (non-hydrogen) atoms. The maximum atomic E-state index is 10.8. The standard InChI is InChI=1S/C18H13N3O2S/c22-21(23)14-10-8-13(9-11-14)17-19-20-18(24-17)16-7-3-5-12-4-1-2-6-15(12)16/h1-11,17,19H/t17-/m1/s1. The van der Waals surface area contributed by atoms with Crippen LogP contribution in [0.2, 0.25) is 0 Å². The number of nitro benzene ring substituents is 1. The van der Waals surface area contributed by atoms with E-state index < -0.39 is 4.92 Å². The molecule has 0 saturated carbocycles. The molecule has 5 nitrogen and oxygen atoms in total. The van der Waals surface area contributed by atoms with Gasteiger partial charge in [0.15, 0.2) is 0 Å². The largest absolute Gasteiger partial charge is 0.291 e. The van der Waals surface area contributed by atoms with E-state index in [0.29, 0.717) is 0 Å². The number of nitrogens with one attached hydrogen (secondary N) is 1. The van der Waals surface area contributed by atoms with Gasteiger partial charge in [-0.25, -0.2) is 0 Å². The van der Waals surface area contributed by atoms with Gasteiger partial charge in [0.25, 0.3) is 5.69 Å². The summed E-state index contributed by atoms with van der Waals surface area (Å²) in [5.41, 5.74) is 5.27. The van der Waals surface area contributed by atoms with Crippen LogP contribution in [0.4, 0.5) is 5.69 Å². The number of nitrogens with zero attached hydrogens (tertiary/aromatic N) is 2. The Balaban J connectivity index is 1.60. The Bertz CT molecular complexity index is 949. The van der Waals surface area contributed by atoms with Gasteiger partial charge >= 0.3 is 0 Å². The maximum Gasteiger partial charge on any atom is 0.269 e. The molecule has 1 aliphatic rings. The molecule has 0 aliphatic carbocycles. The van der Waals surface area contributed by atoms with Crippen molar-refractivity contribution in [1.82, 2.24) is 5.43 Å². The molecule has 0 aromatic heterocycles. The number of nitro groups is 1. The maximum absolute atomic E-state index is 10.8. The lowest BCUT2D eigenvalue weighted by Gasteiger charge is -2.09. The first kappa shape index (κ1) is 14.7. The molecule has 3 aromatic rings. The zero-order valence-electron chi connectivity index (χ0n) is 12.5. The fourth-order valence-electron chi connectivity index (χ4n) is 2.73. The topological polar surface area (TPSA) is 67.5 Å². The summed E-state index contributed by atoms with van der Waals surface area (Å²) in [7, 11) is 0. The summed E-state index contributed by atoms with van der Waals surface area (Å²) >= 11 is 1.61. The van der Waals surface area contributed by atoms with Gasteiger partial charge in [-0.05, 0) is 28.5 Å². The number of thioether (sulfide) groups is 1. The van der Waals surface area contributed by atoms with Crippen LogP contribution in [0.5, 0.6) is 0 Å². The van der Waals surface area contributed by atoms with E-state index in [1.807, 2.05) is 18.2 Å². The van der Waals surface area contributed by atoms with Crippen LogP contribution >= 0.6 is 11.8 Å². The SMILES string of the molecule is O=[N+]([O-])c1ccc([C@@H]2NN=C(c3cccc4ccccc34)S2)cc1. The van der Waals surface area contributed by atoms with Crippen molar-refractivity contribution in [1.29, 1.82) is 0 Å². The number of benzene rings is 3. The molecular weight excluding hydrogens is 322 g/mol. The van der Waals surface area contributed by atoms with Crippen molar-refractivity contribution in [2.45, 2.75) is 5.37 Å². The van der Waals surface area contributed by atoms with E-state index in [-0.39, 0.29) is 11.1 Å². The molecule has 1 N–H and O–H groups in total. The monoisotopic (exact) mass is 335 g/mol. The van der Waals surface area contributed by atoms with E-state index in [1.54, 1.807) is 23.9 Å². The molecule has 1 aliphatic heterocycles. The lowest BCUT2D eigenvalue weighted by atomic mass is 10.1. The first-order chi connectivity index (χ1) is 11.7. The third-order valence-electron chi connectivity index (χ3n) is 3.94. The molecular formula is C18H13N3O2S. The van der Waals surface area contributed by atoms with Gasteiger partial charge in [-0.3, -0.25) is 15.5 Å². The number of hydrogen-bond donors (Lipinski definition) is 1. The molecule has 118 valence electrons. The van der Waals surface area contributed by atoms with Crippen molar-refractivity contribution >= 4 is 33.3 Å². The molecule has 1 atom stereocenters. The highest BCUT2D eigenvalue weighted by atomic mass is 32.2. The third kappa shape index (κ3) is 2.61. The number of hydrazone groups is 1. The van der Waals surface area contributed by atoms with Crippen molar-refractivity contribution in [3.8, 4) is 0 Å². The van der Waals surface area contributed by atoms with Crippen molar-refractivity contribution in [3.63, 3.8) is 0 Å². The van der Waals surface area contributed by atoms with Crippen LogP contribution in [-0.2, 0) is 0 Å². The fourth-order valence-corrected chi connectivity index (χ4v) is 3.76. The summed E-state index contributed by atoms with van der Waals surface area (Å²) in [6.07, 6.45) is 0. The Morgan fingerprint density at radius 1 is 1.00 bits per heavy atom. The van der Waals surface area contributed by atoms with Gasteiger partial charge in [0.05, 0.1) is 4.92 Å². The minimum Gasteiger partial charge on any atom is -0.291 e. The number of rotatable bonds is 3. The summed E-state index contributed by atoms with van der Waals surface area (Å²) in [5.74, 6) is 0. The Labute approximate surface area is 142 Å². The van der Waals surface area contributed by atoms with E-state index in [1.165, 1.54) is 17.5 Å². The van der Waals surface area contributed by atoms with Crippen LogP contribution in [0.25, 0.3) is 10.8 Å². The summed E-state index contributed by atoms with van der Waals surface area (Å²) in [6, 6.07) is 21.0. The average molecular weight is 335 g/mol. The van der Waals surface area contributed by atoms with E-state index in [0.717, 1.165) is 21.6 Å². The molecule has 6 heteroatoms. The Kier molecular flexibility index (Phi) is 3.66. The second kappa shape index (κ2) is 5.98. The Morgan fingerprint density at radius 3 is 2.54 bits per heavy atom. The van der Waals surface area contributed by atoms with Gasteiger partial charge in [0.1, 0.15) is 10.4 Å². The number of hydrogen-bond acceptors (Lipinski definition) is 5. The third-order valence-corrected chi connectivity index (χ3v) is 5.09. The molecule has 1 heterocycles. The van der Waals surface area contributed by atoms with Crippen molar-refractivity contribution in [2.75, 3.05) is 0 Å². The molecule has 0 unspecified atom stereocenters. The molecule has 4 rings (SSSR count). The Hall–Kier alpha value is -2.86. The van der Waals surface area contributed by atoms with Gasteiger partial charge in [-0.15, -0.1) is 0 Å². The summed E-state index contributed by atoms with van der Waals surface area (Å²) in [5, 5.41) is 18.5. The first-order valence-electron chi connectivity index (χ1n) is 7.45. The predicted octanol–water partition coefficient (Wildman–Crippen LogP) is 4.44. The van der Waals surface area contributed by atoms with Crippen molar-refractivity contribution in [3.05, 3.63) is 88.0 Å². The van der Waals surface area contributed by atoms with Gasteiger partial charge < -0.3 is 0 Å². The van der Waals surface area contributed by atoms with Gasteiger partial charge in [-0.1, -0.05) is 54.2 Å². The van der Waals surface area contributed by atoms with E-state index in [4.69, 9.17) is 0 Å². The van der Waals surface area contributed by atoms with E-state index >= 15 is 0 Å². The van der Waals surface area contributed by atoms with Gasteiger partial charge in [0.2, 0.25) is 0 Å². The lowest BCUT2D eigenvalue weighted by Crippen LogP contribution is -2.06. The molecule has 0 spiro atoms. The van der Waals surface area contributed by atoms with Crippen LogP contribution in [-0.4, -0.2) is 9.97 Å². The summed E-state index contributed by atoms with van der Waals surface area (Å²) < 4.78 is 0. The van der Waals surface area contributed by atoms with Crippen LogP contribution in [0.1, 0.15) is 16.5 Å². The molecule has 0 fully saturated rings.